The second-order valence-corrected chi connectivity index (χ2v) is 6.83. The third-order valence-electron chi connectivity index (χ3n) is 4.25. The van der Waals surface area contributed by atoms with Crippen LogP contribution in [0.4, 0.5) is 0 Å². The number of carbonyl (C=O) groups is 2. The Morgan fingerprint density at radius 1 is 1.29 bits per heavy atom. The van der Waals surface area contributed by atoms with Crippen LogP contribution in [0.25, 0.3) is 0 Å². The Morgan fingerprint density at radius 3 is 2.71 bits per heavy atom. The molecule has 2 amide bonds. The number of halogens is 1. The molecule has 5 nitrogen and oxygen atoms in total. The van der Waals surface area contributed by atoms with Gasteiger partial charge in [0.25, 0.3) is 5.91 Å². The van der Waals surface area contributed by atoms with E-state index in [2.05, 4.69) is 21.2 Å². The first-order valence-corrected chi connectivity index (χ1v) is 8.76. The molecule has 0 bridgehead atoms. The molecule has 2 heterocycles. The summed E-state index contributed by atoms with van der Waals surface area (Å²) in [5.74, 6) is -0.235. The predicted molar refractivity (Wildman–Crippen MR) is 93.5 cm³/mol. The minimum atomic E-state index is -0.598. The van der Waals surface area contributed by atoms with Gasteiger partial charge < -0.3 is 14.6 Å². The second-order valence-electron chi connectivity index (χ2n) is 5.91. The second kappa shape index (κ2) is 7.21. The molecule has 1 aliphatic heterocycles. The molecule has 2 unspecified atom stereocenters. The van der Waals surface area contributed by atoms with E-state index >= 15 is 0 Å². The molecule has 0 saturated carbocycles. The van der Waals surface area contributed by atoms with Crippen molar-refractivity contribution in [3.63, 3.8) is 0 Å². The summed E-state index contributed by atoms with van der Waals surface area (Å²) < 4.78 is 6.08. The highest BCUT2D eigenvalue weighted by atomic mass is 79.9. The van der Waals surface area contributed by atoms with Crippen molar-refractivity contribution < 1.29 is 14.0 Å². The van der Waals surface area contributed by atoms with Crippen LogP contribution in [0, 0.1) is 0 Å². The molecule has 6 heteroatoms. The topological polar surface area (TPSA) is 62.6 Å². The van der Waals surface area contributed by atoms with Crippen molar-refractivity contribution in [2.45, 2.75) is 31.8 Å². The lowest BCUT2D eigenvalue weighted by Gasteiger charge is -2.28. The molecule has 24 heavy (non-hydrogen) atoms. The molecule has 3 rings (SSSR count). The molecule has 2 aromatic rings. The first kappa shape index (κ1) is 16.8. The number of carbonyl (C=O) groups excluding carboxylic acids is 2. The van der Waals surface area contributed by atoms with Gasteiger partial charge in [0.05, 0.1) is 12.3 Å². The fourth-order valence-corrected chi connectivity index (χ4v) is 3.31. The quantitative estimate of drug-likeness (QED) is 0.868. The number of benzene rings is 1. The molecule has 1 aliphatic rings. The summed E-state index contributed by atoms with van der Waals surface area (Å²) >= 11 is 3.43. The average molecular weight is 391 g/mol. The number of nitrogens with one attached hydrogen (secondary N) is 1. The van der Waals surface area contributed by atoms with Gasteiger partial charge in [0.1, 0.15) is 6.04 Å². The molecule has 1 N–H and O–H groups in total. The Bertz CT molecular complexity index is 712. The van der Waals surface area contributed by atoms with Crippen molar-refractivity contribution in [2.75, 3.05) is 6.54 Å². The number of hydrogen-bond donors (Lipinski definition) is 1. The van der Waals surface area contributed by atoms with Gasteiger partial charge in [0.15, 0.2) is 5.76 Å². The van der Waals surface area contributed by atoms with Crippen LogP contribution >= 0.6 is 15.9 Å². The molecule has 0 spiro atoms. The molecule has 1 aromatic carbocycles. The molecule has 1 fully saturated rings. The predicted octanol–water partition coefficient (Wildman–Crippen LogP) is 3.52. The smallest absolute Gasteiger partial charge is 0.287 e. The fourth-order valence-electron chi connectivity index (χ4n) is 3.05. The zero-order valence-corrected chi connectivity index (χ0v) is 15.0. The molecule has 2 atom stereocenters. The van der Waals surface area contributed by atoms with E-state index < -0.39 is 6.04 Å². The van der Waals surface area contributed by atoms with Crippen molar-refractivity contribution in [1.29, 1.82) is 0 Å². The first-order chi connectivity index (χ1) is 11.6. The van der Waals surface area contributed by atoms with E-state index in [9.17, 15) is 9.59 Å². The molecule has 0 aliphatic carbocycles. The van der Waals surface area contributed by atoms with E-state index in [4.69, 9.17) is 4.42 Å². The largest absolute Gasteiger partial charge is 0.459 e. The van der Waals surface area contributed by atoms with Crippen molar-refractivity contribution in [1.82, 2.24) is 10.2 Å². The highest BCUT2D eigenvalue weighted by Crippen LogP contribution is 2.32. The van der Waals surface area contributed by atoms with Crippen molar-refractivity contribution in [2.24, 2.45) is 0 Å². The summed E-state index contributed by atoms with van der Waals surface area (Å²) in [5.41, 5.74) is 1.12. The van der Waals surface area contributed by atoms with Crippen LogP contribution < -0.4 is 5.32 Å². The van der Waals surface area contributed by atoms with Crippen molar-refractivity contribution in [3.05, 3.63) is 58.5 Å². The van der Waals surface area contributed by atoms with E-state index in [1.165, 1.54) is 6.26 Å². The van der Waals surface area contributed by atoms with Crippen LogP contribution in [-0.4, -0.2) is 29.3 Å². The minimum absolute atomic E-state index is 0.0635. The van der Waals surface area contributed by atoms with Gasteiger partial charge in [-0.25, -0.2) is 0 Å². The van der Waals surface area contributed by atoms with Crippen LogP contribution in [0.15, 0.2) is 51.6 Å². The van der Waals surface area contributed by atoms with Gasteiger partial charge in [-0.05, 0) is 49.6 Å². The lowest BCUT2D eigenvalue weighted by atomic mass is 10.0. The molecule has 0 radical (unpaired) electrons. The van der Waals surface area contributed by atoms with Crippen LogP contribution in [0.2, 0.25) is 0 Å². The minimum Gasteiger partial charge on any atom is -0.459 e. The maximum Gasteiger partial charge on any atom is 0.287 e. The first-order valence-electron chi connectivity index (χ1n) is 7.96. The zero-order valence-electron chi connectivity index (χ0n) is 13.4. The lowest BCUT2D eigenvalue weighted by Crippen LogP contribution is -2.46. The van der Waals surface area contributed by atoms with Gasteiger partial charge in [-0.15, -0.1) is 0 Å². The number of nitrogens with zero attached hydrogens (tertiary/aromatic N) is 1. The van der Waals surface area contributed by atoms with Gasteiger partial charge >= 0.3 is 0 Å². The summed E-state index contributed by atoms with van der Waals surface area (Å²) in [6.45, 7) is 2.42. The van der Waals surface area contributed by atoms with Crippen molar-refractivity contribution in [3.8, 4) is 0 Å². The fraction of sp³-hybridized carbons (Fsp3) is 0.333. The van der Waals surface area contributed by atoms with E-state index in [1.54, 1.807) is 19.1 Å². The number of hydrogen-bond acceptors (Lipinski definition) is 3. The maximum absolute atomic E-state index is 12.8. The Morgan fingerprint density at radius 2 is 2.04 bits per heavy atom. The van der Waals surface area contributed by atoms with Crippen LogP contribution in [-0.2, 0) is 4.79 Å². The van der Waals surface area contributed by atoms with Crippen LogP contribution in [0.1, 0.15) is 41.9 Å². The number of likely N-dealkylation sites (tertiary alicyclic amines) is 1. The summed E-state index contributed by atoms with van der Waals surface area (Å²) in [6, 6.07) is 10.7. The number of furan rings is 1. The van der Waals surface area contributed by atoms with E-state index in [0.717, 1.165) is 22.9 Å². The van der Waals surface area contributed by atoms with E-state index in [0.29, 0.717) is 6.54 Å². The van der Waals surface area contributed by atoms with E-state index in [-0.39, 0.29) is 23.6 Å². The van der Waals surface area contributed by atoms with Gasteiger partial charge in [-0.1, -0.05) is 28.1 Å². The summed E-state index contributed by atoms with van der Waals surface area (Å²) in [6.07, 6.45) is 3.34. The van der Waals surface area contributed by atoms with Gasteiger partial charge in [0.2, 0.25) is 5.91 Å². The van der Waals surface area contributed by atoms with Gasteiger partial charge in [-0.3, -0.25) is 9.59 Å². The Kier molecular flexibility index (Phi) is 5.04. The molecular formula is C18H19BrN2O3. The van der Waals surface area contributed by atoms with E-state index in [1.807, 2.05) is 29.2 Å². The molecule has 1 saturated heterocycles. The van der Waals surface area contributed by atoms with Gasteiger partial charge in [-0.2, -0.15) is 0 Å². The monoisotopic (exact) mass is 390 g/mol. The highest BCUT2D eigenvalue weighted by Gasteiger charge is 2.33. The normalized spacial score (nSPS) is 18.4. The maximum atomic E-state index is 12.8. The number of amides is 2. The van der Waals surface area contributed by atoms with Crippen LogP contribution in [0.5, 0.6) is 0 Å². The molecule has 126 valence electrons. The Labute approximate surface area is 149 Å². The zero-order chi connectivity index (χ0) is 17.1. The third kappa shape index (κ3) is 3.53. The standard InChI is InChI=1S/C18H19BrN2O3/c1-12(20-17(22)16-5-3-11-24-16)18(23)21-10-2-4-15(21)13-6-8-14(19)9-7-13/h3,5-9,11-12,15H,2,4,10H2,1H3,(H,20,22). The average Bonchev–Trinajstić information content (AvgIpc) is 3.26. The number of rotatable bonds is 4. The SMILES string of the molecule is CC(NC(=O)c1ccco1)C(=O)N1CCCC1c1ccc(Br)cc1. The van der Waals surface area contributed by atoms with Gasteiger partial charge in [0, 0.05) is 11.0 Å². The summed E-state index contributed by atoms with van der Waals surface area (Å²) in [7, 11) is 0. The molecule has 1 aromatic heterocycles. The summed E-state index contributed by atoms with van der Waals surface area (Å²) in [5, 5.41) is 2.71. The highest BCUT2D eigenvalue weighted by molar-refractivity contribution is 9.10. The third-order valence-corrected chi connectivity index (χ3v) is 4.78. The Hall–Kier alpha value is -2.08. The Balaban J connectivity index is 1.68. The summed E-state index contributed by atoms with van der Waals surface area (Å²) in [4.78, 5) is 26.7. The van der Waals surface area contributed by atoms with Crippen molar-refractivity contribution >= 4 is 27.7 Å². The van der Waals surface area contributed by atoms with Crippen LogP contribution in [0.3, 0.4) is 0 Å². The lowest BCUT2D eigenvalue weighted by molar-refractivity contribution is -0.133. The molecular weight excluding hydrogens is 372 g/mol.